The number of H-pyrrole nitrogens is 1. The van der Waals surface area contributed by atoms with Crippen molar-refractivity contribution in [1.29, 1.82) is 5.26 Å². The van der Waals surface area contributed by atoms with E-state index in [2.05, 4.69) is 21.6 Å². The smallest absolute Gasteiger partial charge is 0.110 e. The van der Waals surface area contributed by atoms with Crippen molar-refractivity contribution in [2.75, 3.05) is 5.32 Å². The molecule has 70 valence electrons. The fourth-order valence-corrected chi connectivity index (χ4v) is 1.81. The van der Waals surface area contributed by atoms with Gasteiger partial charge in [-0.3, -0.25) is 5.10 Å². The molecule has 0 aliphatic carbocycles. The Balaban J connectivity index is 1.96. The Kier molecular flexibility index (Phi) is 2.47. The van der Waals surface area contributed by atoms with Gasteiger partial charge in [-0.05, 0) is 12.1 Å². The number of hydrogen-bond acceptors (Lipinski definition) is 4. The molecule has 2 rings (SSSR count). The third-order valence-electron chi connectivity index (χ3n) is 1.74. The Morgan fingerprint density at radius 2 is 2.50 bits per heavy atom. The van der Waals surface area contributed by atoms with Crippen molar-refractivity contribution in [3.05, 3.63) is 34.3 Å². The first-order chi connectivity index (χ1) is 6.88. The van der Waals surface area contributed by atoms with Crippen molar-refractivity contribution in [1.82, 2.24) is 10.2 Å². The van der Waals surface area contributed by atoms with Gasteiger partial charge in [0.25, 0.3) is 0 Å². The maximum atomic E-state index is 8.63. The summed E-state index contributed by atoms with van der Waals surface area (Å²) < 4.78 is 0. The van der Waals surface area contributed by atoms with Crippen LogP contribution in [0, 0.1) is 11.3 Å². The second-order valence-corrected chi connectivity index (χ2v) is 3.89. The summed E-state index contributed by atoms with van der Waals surface area (Å²) in [6, 6.07) is 5.90. The van der Waals surface area contributed by atoms with Gasteiger partial charge in [0.1, 0.15) is 10.9 Å². The Labute approximate surface area is 85.2 Å². The van der Waals surface area contributed by atoms with Gasteiger partial charge < -0.3 is 5.32 Å². The minimum Gasteiger partial charge on any atom is -0.378 e. The first kappa shape index (κ1) is 8.78. The van der Waals surface area contributed by atoms with Crippen molar-refractivity contribution in [3.8, 4) is 6.07 Å². The minimum atomic E-state index is 0.728. The van der Waals surface area contributed by atoms with Gasteiger partial charge >= 0.3 is 0 Å². The summed E-state index contributed by atoms with van der Waals surface area (Å²) in [7, 11) is 0. The number of thiophene rings is 1. The SMILES string of the molecule is N#Cc1ccc(CNc2cn[nH]c2)s1. The highest BCUT2D eigenvalue weighted by Crippen LogP contribution is 2.16. The van der Waals surface area contributed by atoms with Crippen LogP contribution in [0.25, 0.3) is 0 Å². The van der Waals surface area contributed by atoms with E-state index in [-0.39, 0.29) is 0 Å². The molecule has 0 unspecified atom stereocenters. The van der Waals surface area contributed by atoms with E-state index in [0.717, 1.165) is 22.0 Å². The average molecular weight is 204 g/mol. The molecule has 0 saturated carbocycles. The molecule has 0 fully saturated rings. The van der Waals surface area contributed by atoms with Crippen LogP contribution in [-0.4, -0.2) is 10.2 Å². The highest BCUT2D eigenvalue weighted by Gasteiger charge is 1.99. The van der Waals surface area contributed by atoms with Gasteiger partial charge in [-0.15, -0.1) is 11.3 Å². The highest BCUT2D eigenvalue weighted by molar-refractivity contribution is 7.12. The molecule has 0 bridgehead atoms. The van der Waals surface area contributed by atoms with Crippen LogP contribution in [0.1, 0.15) is 9.75 Å². The van der Waals surface area contributed by atoms with Crippen LogP contribution in [0.4, 0.5) is 5.69 Å². The first-order valence-electron chi connectivity index (χ1n) is 4.10. The van der Waals surface area contributed by atoms with Gasteiger partial charge in [-0.2, -0.15) is 10.4 Å². The second-order valence-electron chi connectivity index (χ2n) is 2.72. The summed E-state index contributed by atoms with van der Waals surface area (Å²) >= 11 is 1.50. The number of aromatic nitrogens is 2. The van der Waals surface area contributed by atoms with Crippen LogP contribution in [0.15, 0.2) is 24.5 Å². The zero-order chi connectivity index (χ0) is 9.80. The van der Waals surface area contributed by atoms with Crippen molar-refractivity contribution in [3.63, 3.8) is 0 Å². The molecule has 5 heteroatoms. The molecule has 14 heavy (non-hydrogen) atoms. The Morgan fingerprint density at radius 1 is 1.57 bits per heavy atom. The Morgan fingerprint density at radius 3 is 3.14 bits per heavy atom. The summed E-state index contributed by atoms with van der Waals surface area (Å²) in [5.74, 6) is 0. The maximum absolute atomic E-state index is 8.63. The molecule has 0 aromatic carbocycles. The fraction of sp³-hybridized carbons (Fsp3) is 0.111. The van der Waals surface area contributed by atoms with E-state index in [9.17, 15) is 0 Å². The van der Waals surface area contributed by atoms with Gasteiger partial charge in [0, 0.05) is 17.6 Å². The van der Waals surface area contributed by atoms with Crippen molar-refractivity contribution >= 4 is 17.0 Å². The first-order valence-corrected chi connectivity index (χ1v) is 4.91. The van der Waals surface area contributed by atoms with E-state index >= 15 is 0 Å². The second kappa shape index (κ2) is 3.94. The number of hydrogen-bond donors (Lipinski definition) is 2. The van der Waals surface area contributed by atoms with Gasteiger partial charge in [-0.1, -0.05) is 0 Å². The monoisotopic (exact) mass is 204 g/mol. The normalized spacial score (nSPS) is 9.64. The van der Waals surface area contributed by atoms with E-state index in [0.29, 0.717) is 0 Å². The molecule has 2 aromatic heterocycles. The summed E-state index contributed by atoms with van der Waals surface area (Å²) in [6.45, 7) is 0.728. The van der Waals surface area contributed by atoms with Crippen LogP contribution in [-0.2, 0) is 6.54 Å². The van der Waals surface area contributed by atoms with Crippen LogP contribution in [0.3, 0.4) is 0 Å². The predicted octanol–water partition coefficient (Wildman–Crippen LogP) is 1.95. The van der Waals surface area contributed by atoms with E-state index in [1.807, 2.05) is 12.1 Å². The fourth-order valence-electron chi connectivity index (χ4n) is 1.07. The quantitative estimate of drug-likeness (QED) is 0.803. The van der Waals surface area contributed by atoms with E-state index in [1.54, 1.807) is 12.4 Å². The zero-order valence-corrected chi connectivity index (χ0v) is 8.14. The largest absolute Gasteiger partial charge is 0.378 e. The molecule has 0 aliphatic heterocycles. The predicted molar refractivity (Wildman–Crippen MR) is 54.9 cm³/mol. The molecule has 0 amide bonds. The molecule has 0 aliphatic rings. The summed E-state index contributed by atoms with van der Waals surface area (Å²) in [4.78, 5) is 1.89. The molecule has 2 N–H and O–H groups in total. The summed E-state index contributed by atoms with van der Waals surface area (Å²) in [5.41, 5.74) is 0.955. The summed E-state index contributed by atoms with van der Waals surface area (Å²) in [6.07, 6.45) is 3.51. The van der Waals surface area contributed by atoms with Crippen LogP contribution in [0.5, 0.6) is 0 Å². The van der Waals surface area contributed by atoms with E-state index in [1.165, 1.54) is 11.3 Å². The van der Waals surface area contributed by atoms with Crippen molar-refractivity contribution < 1.29 is 0 Å². The van der Waals surface area contributed by atoms with Gasteiger partial charge in [0.2, 0.25) is 0 Å². The lowest BCUT2D eigenvalue weighted by Gasteiger charge is -1.98. The van der Waals surface area contributed by atoms with Crippen molar-refractivity contribution in [2.45, 2.75) is 6.54 Å². The van der Waals surface area contributed by atoms with E-state index < -0.39 is 0 Å². The van der Waals surface area contributed by atoms with Gasteiger partial charge in [0.15, 0.2) is 0 Å². The lowest BCUT2D eigenvalue weighted by Crippen LogP contribution is -1.95. The standard InChI is InChI=1S/C9H8N4S/c10-3-8-1-2-9(14-8)6-11-7-4-12-13-5-7/h1-2,4-5,11H,6H2,(H,12,13). The molecular formula is C9H8N4S. The van der Waals surface area contributed by atoms with Crippen molar-refractivity contribution in [2.24, 2.45) is 0 Å². The summed E-state index contributed by atoms with van der Waals surface area (Å²) in [5, 5.41) is 18.4. The topological polar surface area (TPSA) is 64.5 Å². The number of rotatable bonds is 3. The lowest BCUT2D eigenvalue weighted by molar-refractivity contribution is 1.09. The third-order valence-corrected chi connectivity index (χ3v) is 2.73. The lowest BCUT2D eigenvalue weighted by atomic mass is 10.4. The number of nitrogens with one attached hydrogen (secondary N) is 2. The zero-order valence-electron chi connectivity index (χ0n) is 7.32. The van der Waals surface area contributed by atoms with Crippen LogP contribution >= 0.6 is 11.3 Å². The van der Waals surface area contributed by atoms with Gasteiger partial charge in [0.05, 0.1) is 11.9 Å². The van der Waals surface area contributed by atoms with Crippen LogP contribution < -0.4 is 5.32 Å². The number of aromatic amines is 1. The van der Waals surface area contributed by atoms with Gasteiger partial charge in [-0.25, -0.2) is 0 Å². The number of anilines is 1. The molecule has 0 saturated heterocycles. The Bertz CT molecular complexity index is 438. The molecule has 2 heterocycles. The molecular weight excluding hydrogens is 196 g/mol. The number of nitrogens with zero attached hydrogens (tertiary/aromatic N) is 2. The Hall–Kier alpha value is -1.80. The highest BCUT2D eigenvalue weighted by atomic mass is 32.1. The molecule has 0 spiro atoms. The van der Waals surface area contributed by atoms with E-state index in [4.69, 9.17) is 5.26 Å². The minimum absolute atomic E-state index is 0.728. The molecule has 0 radical (unpaired) electrons. The average Bonchev–Trinajstić information content (AvgIpc) is 2.86. The molecule has 4 nitrogen and oxygen atoms in total. The van der Waals surface area contributed by atoms with Crippen LogP contribution in [0.2, 0.25) is 0 Å². The molecule has 0 atom stereocenters. The maximum Gasteiger partial charge on any atom is 0.110 e. The number of nitriles is 1. The molecule has 2 aromatic rings. The third kappa shape index (κ3) is 1.92.